The van der Waals surface area contributed by atoms with E-state index in [4.69, 9.17) is 5.84 Å². The number of hydrazine groups is 1. The van der Waals surface area contributed by atoms with Gasteiger partial charge in [-0.05, 0) is 18.2 Å². The van der Waals surface area contributed by atoms with E-state index in [1.807, 2.05) is 0 Å². The lowest BCUT2D eigenvalue weighted by Crippen LogP contribution is -2.34. The summed E-state index contributed by atoms with van der Waals surface area (Å²) in [6.45, 7) is 0.568. The van der Waals surface area contributed by atoms with E-state index in [0.29, 0.717) is 11.3 Å². The third-order valence-corrected chi connectivity index (χ3v) is 2.70. The zero-order valence-electron chi connectivity index (χ0n) is 10.8. The van der Waals surface area contributed by atoms with Gasteiger partial charge in [-0.25, -0.2) is 0 Å². The fourth-order valence-corrected chi connectivity index (χ4v) is 1.74. The van der Waals surface area contributed by atoms with Crippen LogP contribution in [0.4, 0.5) is 24.5 Å². The molecule has 0 heterocycles. The Morgan fingerprint density at radius 1 is 1.45 bits per heavy atom. The summed E-state index contributed by atoms with van der Waals surface area (Å²) in [5.74, 6) is 5.26. The number of hydrogen-bond donors (Lipinski definition) is 2. The van der Waals surface area contributed by atoms with Crippen LogP contribution in [-0.2, 0) is 6.54 Å². The largest absolute Gasteiger partial charge is 0.401 e. The third kappa shape index (κ3) is 4.67. The highest BCUT2D eigenvalue weighted by Crippen LogP contribution is 2.24. The van der Waals surface area contributed by atoms with Crippen molar-refractivity contribution in [2.75, 3.05) is 18.5 Å². The van der Waals surface area contributed by atoms with Crippen LogP contribution in [0.2, 0.25) is 0 Å². The number of halogens is 3. The van der Waals surface area contributed by atoms with Crippen LogP contribution in [-0.4, -0.2) is 29.1 Å². The normalized spacial score (nSPS) is 11.7. The van der Waals surface area contributed by atoms with E-state index in [1.54, 1.807) is 6.92 Å². The van der Waals surface area contributed by atoms with Crippen molar-refractivity contribution in [3.8, 4) is 0 Å². The number of rotatable bonds is 6. The van der Waals surface area contributed by atoms with E-state index in [-0.39, 0.29) is 18.8 Å². The number of nitrogens with two attached hydrogens (primary N) is 1. The maximum Gasteiger partial charge on any atom is 0.401 e. The number of nitrogen functional groups attached to an aromatic ring is 1. The van der Waals surface area contributed by atoms with Crippen molar-refractivity contribution < 1.29 is 18.1 Å². The first-order valence-corrected chi connectivity index (χ1v) is 5.80. The smallest absolute Gasteiger partial charge is 0.324 e. The molecule has 0 atom stereocenters. The van der Waals surface area contributed by atoms with Crippen LogP contribution in [0, 0.1) is 10.1 Å². The molecule has 9 heteroatoms. The Labute approximate surface area is 113 Å². The van der Waals surface area contributed by atoms with Crippen LogP contribution >= 0.6 is 0 Å². The highest BCUT2D eigenvalue weighted by Gasteiger charge is 2.30. The van der Waals surface area contributed by atoms with Gasteiger partial charge in [0.25, 0.3) is 5.69 Å². The van der Waals surface area contributed by atoms with Crippen LogP contribution in [0.1, 0.15) is 12.5 Å². The van der Waals surface area contributed by atoms with E-state index in [9.17, 15) is 23.3 Å². The van der Waals surface area contributed by atoms with E-state index >= 15 is 0 Å². The highest BCUT2D eigenvalue weighted by atomic mass is 19.4. The molecular formula is C11H15F3N4O2. The average Bonchev–Trinajstić information content (AvgIpc) is 2.36. The third-order valence-electron chi connectivity index (χ3n) is 2.70. The number of non-ortho nitro benzene ring substituents is 1. The molecule has 0 bridgehead atoms. The standard InChI is InChI=1S/C11H15F3N4O2/c1-2-17(7-11(12,13)14)6-8-5-9(18(19)20)3-4-10(8)16-15/h3-5,16H,2,6-7,15H2,1H3. The van der Waals surface area contributed by atoms with Crippen molar-refractivity contribution in [2.45, 2.75) is 19.6 Å². The molecule has 1 aromatic carbocycles. The number of hydrogen-bond acceptors (Lipinski definition) is 5. The lowest BCUT2D eigenvalue weighted by Gasteiger charge is -2.23. The zero-order chi connectivity index (χ0) is 15.3. The van der Waals surface area contributed by atoms with Crippen molar-refractivity contribution in [3.63, 3.8) is 0 Å². The molecule has 6 nitrogen and oxygen atoms in total. The van der Waals surface area contributed by atoms with Crippen molar-refractivity contribution in [2.24, 2.45) is 5.84 Å². The fraction of sp³-hybridized carbons (Fsp3) is 0.455. The van der Waals surface area contributed by atoms with E-state index < -0.39 is 17.6 Å². The van der Waals surface area contributed by atoms with Crippen LogP contribution < -0.4 is 11.3 Å². The molecule has 0 saturated heterocycles. The summed E-state index contributed by atoms with van der Waals surface area (Å²) in [7, 11) is 0. The van der Waals surface area contributed by atoms with E-state index in [1.165, 1.54) is 18.2 Å². The van der Waals surface area contributed by atoms with Gasteiger partial charge in [0.2, 0.25) is 0 Å². The molecule has 0 radical (unpaired) electrons. The number of nitrogens with one attached hydrogen (secondary N) is 1. The zero-order valence-corrected chi connectivity index (χ0v) is 10.8. The lowest BCUT2D eigenvalue weighted by atomic mass is 10.1. The first-order chi connectivity index (χ1) is 9.26. The Morgan fingerprint density at radius 3 is 2.55 bits per heavy atom. The van der Waals surface area contributed by atoms with Gasteiger partial charge in [0.05, 0.1) is 17.2 Å². The summed E-state index contributed by atoms with van der Waals surface area (Å²) in [6, 6.07) is 3.82. The van der Waals surface area contributed by atoms with E-state index in [2.05, 4.69) is 5.43 Å². The Bertz CT molecular complexity index is 479. The average molecular weight is 292 g/mol. The molecule has 112 valence electrons. The quantitative estimate of drug-likeness (QED) is 0.477. The van der Waals surface area contributed by atoms with Crippen molar-refractivity contribution in [3.05, 3.63) is 33.9 Å². The maximum absolute atomic E-state index is 12.4. The summed E-state index contributed by atoms with van der Waals surface area (Å²) < 4.78 is 37.2. The molecule has 0 unspecified atom stereocenters. The molecule has 3 N–H and O–H groups in total. The topological polar surface area (TPSA) is 84.4 Å². The predicted molar refractivity (Wildman–Crippen MR) is 67.9 cm³/mol. The molecule has 1 aromatic rings. The SMILES string of the molecule is CCN(Cc1cc([N+](=O)[O-])ccc1NN)CC(F)(F)F. The number of nitrogens with zero attached hydrogens (tertiary/aromatic N) is 2. The van der Waals surface area contributed by atoms with Crippen LogP contribution in [0.5, 0.6) is 0 Å². The first-order valence-electron chi connectivity index (χ1n) is 5.80. The van der Waals surface area contributed by atoms with Gasteiger partial charge in [0.1, 0.15) is 0 Å². The molecule has 1 rings (SSSR count). The van der Waals surface area contributed by atoms with Crippen LogP contribution in [0.25, 0.3) is 0 Å². The lowest BCUT2D eigenvalue weighted by molar-refractivity contribution is -0.384. The highest BCUT2D eigenvalue weighted by molar-refractivity contribution is 5.55. The molecule has 0 amide bonds. The molecule has 20 heavy (non-hydrogen) atoms. The van der Waals surface area contributed by atoms with Gasteiger partial charge in [0.15, 0.2) is 0 Å². The minimum atomic E-state index is -4.33. The fourth-order valence-electron chi connectivity index (χ4n) is 1.74. The van der Waals surface area contributed by atoms with Gasteiger partial charge in [-0.2, -0.15) is 13.2 Å². The number of nitro benzene ring substituents is 1. The molecule has 0 aliphatic carbocycles. The summed E-state index contributed by atoms with van der Waals surface area (Å²) in [6.07, 6.45) is -4.33. The van der Waals surface area contributed by atoms with Gasteiger partial charge in [-0.1, -0.05) is 6.92 Å². The molecule has 0 spiro atoms. The molecule has 0 aromatic heterocycles. The van der Waals surface area contributed by atoms with Crippen molar-refractivity contribution >= 4 is 11.4 Å². The number of nitro groups is 1. The number of benzene rings is 1. The Kier molecular flexibility index (Phi) is 5.28. The minimum Gasteiger partial charge on any atom is -0.324 e. The summed E-state index contributed by atoms with van der Waals surface area (Å²) in [5.41, 5.74) is 2.83. The monoisotopic (exact) mass is 292 g/mol. The second-order valence-corrected chi connectivity index (χ2v) is 4.16. The second kappa shape index (κ2) is 6.53. The maximum atomic E-state index is 12.4. The number of alkyl halides is 3. The minimum absolute atomic E-state index is 0.0861. The van der Waals surface area contributed by atoms with Gasteiger partial charge >= 0.3 is 6.18 Å². The molecular weight excluding hydrogens is 277 g/mol. The number of anilines is 1. The summed E-state index contributed by atoms with van der Waals surface area (Å²) >= 11 is 0. The Morgan fingerprint density at radius 2 is 2.10 bits per heavy atom. The van der Waals surface area contributed by atoms with Gasteiger partial charge in [-0.3, -0.25) is 20.9 Å². The van der Waals surface area contributed by atoms with E-state index in [0.717, 1.165) is 4.90 Å². The first kappa shape index (κ1) is 16.2. The molecule has 0 aliphatic heterocycles. The second-order valence-electron chi connectivity index (χ2n) is 4.16. The van der Waals surface area contributed by atoms with Crippen LogP contribution in [0.3, 0.4) is 0 Å². The van der Waals surface area contributed by atoms with Crippen molar-refractivity contribution in [1.29, 1.82) is 0 Å². The molecule has 0 aliphatic rings. The Balaban J connectivity index is 2.98. The van der Waals surface area contributed by atoms with Gasteiger partial charge < -0.3 is 5.43 Å². The predicted octanol–water partition coefficient (Wildman–Crippen LogP) is 2.26. The summed E-state index contributed by atoms with van der Waals surface area (Å²) in [4.78, 5) is 11.2. The molecule has 0 saturated carbocycles. The Hall–Kier alpha value is -1.87. The molecule has 0 fully saturated rings. The summed E-state index contributed by atoms with van der Waals surface area (Å²) in [5, 5.41) is 10.7. The van der Waals surface area contributed by atoms with Crippen LogP contribution in [0.15, 0.2) is 18.2 Å². The van der Waals surface area contributed by atoms with Gasteiger partial charge in [0, 0.05) is 18.7 Å². The van der Waals surface area contributed by atoms with Crippen molar-refractivity contribution in [1.82, 2.24) is 4.90 Å². The van der Waals surface area contributed by atoms with Gasteiger partial charge in [-0.15, -0.1) is 0 Å².